The number of benzene rings is 2. The van der Waals surface area contributed by atoms with Gasteiger partial charge in [-0.15, -0.1) is 0 Å². The molecule has 4 rings (SSSR count). The molecule has 0 bridgehead atoms. The minimum absolute atomic E-state index is 0.0133. The zero-order chi connectivity index (χ0) is 31.3. The number of rotatable bonds is 11. The van der Waals surface area contributed by atoms with E-state index in [1.165, 1.54) is 23.0 Å². The number of hydrogen-bond acceptors (Lipinski definition) is 10. The zero-order valence-electron chi connectivity index (χ0n) is 24.8. The first-order valence-electron chi connectivity index (χ1n) is 13.7. The number of esters is 2. The molecule has 3 aromatic rings. The van der Waals surface area contributed by atoms with E-state index in [1.807, 2.05) is 39.0 Å². The number of hydrogen-bond donors (Lipinski definition) is 0. The molecule has 2 heterocycles. The lowest BCUT2D eigenvalue weighted by Gasteiger charge is -2.25. The van der Waals surface area contributed by atoms with Crippen LogP contribution >= 0.6 is 27.3 Å². The number of thiazole rings is 1. The van der Waals surface area contributed by atoms with Crippen LogP contribution < -0.4 is 29.1 Å². The minimum Gasteiger partial charge on any atom is -0.490 e. The van der Waals surface area contributed by atoms with Gasteiger partial charge in [0, 0.05) is 0 Å². The average Bonchev–Trinajstić information content (AvgIpc) is 3.26. The number of carbonyl (C=O) groups excluding carboxylic acids is 2. The summed E-state index contributed by atoms with van der Waals surface area (Å²) in [5.74, 6) is 0.245. The molecule has 0 saturated heterocycles. The van der Waals surface area contributed by atoms with Crippen LogP contribution in [0.1, 0.15) is 51.8 Å². The lowest BCUT2D eigenvalue weighted by atomic mass is 9.95. The van der Waals surface area contributed by atoms with Crippen molar-refractivity contribution < 1.29 is 33.3 Å². The number of halogens is 1. The summed E-state index contributed by atoms with van der Waals surface area (Å²) in [5.41, 5.74) is 1.74. The Morgan fingerprint density at radius 3 is 2.47 bits per heavy atom. The maximum Gasteiger partial charge on any atom is 0.343 e. The van der Waals surface area contributed by atoms with E-state index in [4.69, 9.17) is 18.9 Å². The number of allylic oxidation sites excluding steroid dienone is 1. The molecule has 0 radical (unpaired) electrons. The zero-order valence-corrected chi connectivity index (χ0v) is 27.2. The Hall–Kier alpha value is -3.90. The van der Waals surface area contributed by atoms with Crippen LogP contribution in [0.2, 0.25) is 0 Å². The van der Waals surface area contributed by atoms with E-state index in [9.17, 15) is 14.4 Å². The molecule has 43 heavy (non-hydrogen) atoms. The van der Waals surface area contributed by atoms with Crippen molar-refractivity contribution in [1.29, 1.82) is 0 Å². The van der Waals surface area contributed by atoms with Crippen LogP contribution in [0.15, 0.2) is 61.9 Å². The van der Waals surface area contributed by atoms with Crippen LogP contribution in [-0.2, 0) is 19.1 Å². The molecule has 1 aliphatic heterocycles. The highest BCUT2D eigenvalue weighted by Gasteiger charge is 2.34. The van der Waals surface area contributed by atoms with Crippen molar-refractivity contribution in [2.24, 2.45) is 4.99 Å². The Bertz CT molecular complexity index is 1740. The topological polar surface area (TPSA) is 115 Å². The van der Waals surface area contributed by atoms with Gasteiger partial charge in [0.2, 0.25) is 0 Å². The second kappa shape index (κ2) is 14.0. The number of carbonyl (C=O) groups is 2. The van der Waals surface area contributed by atoms with Gasteiger partial charge in [0.25, 0.3) is 5.56 Å². The summed E-state index contributed by atoms with van der Waals surface area (Å²) in [4.78, 5) is 44.0. The number of ether oxygens (including phenoxy) is 5. The molecule has 0 unspecified atom stereocenters. The lowest BCUT2D eigenvalue weighted by Crippen LogP contribution is -2.40. The van der Waals surface area contributed by atoms with Crippen molar-refractivity contribution >= 4 is 45.3 Å². The molecule has 228 valence electrons. The molecule has 2 aromatic carbocycles. The fraction of sp³-hybridized carbons (Fsp3) is 0.355. The first-order chi connectivity index (χ1) is 20.6. The molecular formula is C31H33BrN2O8S. The van der Waals surface area contributed by atoms with Gasteiger partial charge in [0.1, 0.15) is 5.75 Å². The summed E-state index contributed by atoms with van der Waals surface area (Å²) >= 11 is 4.78. The lowest BCUT2D eigenvalue weighted by molar-refractivity contribution is -0.143. The molecule has 10 nitrogen and oxygen atoms in total. The maximum atomic E-state index is 14.0. The predicted octanol–water partition coefficient (Wildman–Crippen LogP) is 4.30. The fourth-order valence-electron chi connectivity index (χ4n) is 4.49. The van der Waals surface area contributed by atoms with E-state index in [0.29, 0.717) is 44.4 Å². The van der Waals surface area contributed by atoms with E-state index < -0.39 is 18.0 Å². The van der Waals surface area contributed by atoms with Crippen molar-refractivity contribution in [3.05, 3.63) is 83.0 Å². The SMILES string of the molecule is CCOC(=O)C1=C(C)N=c2s/c(=C/c3ccc(OC(C)C)c(Br)c3)c(=O)n2[C@@H]1c1ccc(OCC(=O)OC)c(OCC)c1. The van der Waals surface area contributed by atoms with Gasteiger partial charge in [-0.3, -0.25) is 9.36 Å². The second-order valence-corrected chi connectivity index (χ2v) is 11.5. The van der Waals surface area contributed by atoms with Crippen LogP contribution in [0.3, 0.4) is 0 Å². The molecule has 0 fully saturated rings. The third kappa shape index (κ3) is 7.19. The molecule has 1 aliphatic rings. The van der Waals surface area contributed by atoms with E-state index in [-0.39, 0.29) is 30.5 Å². The van der Waals surface area contributed by atoms with Crippen LogP contribution in [0.5, 0.6) is 17.2 Å². The Labute approximate surface area is 261 Å². The van der Waals surface area contributed by atoms with Gasteiger partial charge in [0.05, 0.1) is 52.7 Å². The normalized spacial score (nSPS) is 14.7. The van der Waals surface area contributed by atoms with E-state index >= 15 is 0 Å². The van der Waals surface area contributed by atoms with Crippen molar-refractivity contribution in [3.63, 3.8) is 0 Å². The summed E-state index contributed by atoms with van der Waals surface area (Å²) in [6.07, 6.45) is 1.79. The highest BCUT2D eigenvalue weighted by atomic mass is 79.9. The molecule has 0 amide bonds. The smallest absolute Gasteiger partial charge is 0.343 e. The molecule has 0 saturated carbocycles. The summed E-state index contributed by atoms with van der Waals surface area (Å²) < 4.78 is 30.0. The van der Waals surface area contributed by atoms with Gasteiger partial charge in [-0.2, -0.15) is 0 Å². The third-order valence-electron chi connectivity index (χ3n) is 6.29. The average molecular weight is 674 g/mol. The summed E-state index contributed by atoms with van der Waals surface area (Å²) in [5, 5.41) is 0. The summed E-state index contributed by atoms with van der Waals surface area (Å²) in [7, 11) is 1.27. The summed E-state index contributed by atoms with van der Waals surface area (Å²) in [6.45, 7) is 9.31. The number of nitrogens with zero attached hydrogens (tertiary/aromatic N) is 2. The quantitative estimate of drug-likeness (QED) is 0.277. The van der Waals surface area contributed by atoms with E-state index in [1.54, 1.807) is 38.1 Å². The molecule has 0 aliphatic carbocycles. The molecular weight excluding hydrogens is 640 g/mol. The molecule has 0 N–H and O–H groups in total. The molecule has 1 aromatic heterocycles. The Morgan fingerprint density at radius 2 is 1.81 bits per heavy atom. The Balaban J connectivity index is 1.86. The van der Waals surface area contributed by atoms with Gasteiger partial charge in [0.15, 0.2) is 22.9 Å². The van der Waals surface area contributed by atoms with Crippen LogP contribution in [0, 0.1) is 0 Å². The van der Waals surface area contributed by atoms with E-state index in [0.717, 1.165) is 10.0 Å². The minimum atomic E-state index is -0.847. The van der Waals surface area contributed by atoms with Crippen LogP contribution in [0.25, 0.3) is 6.08 Å². The van der Waals surface area contributed by atoms with Crippen molar-refractivity contribution in [3.8, 4) is 17.2 Å². The van der Waals surface area contributed by atoms with Crippen molar-refractivity contribution in [2.75, 3.05) is 26.9 Å². The number of methoxy groups -OCH3 is 1. The van der Waals surface area contributed by atoms with Gasteiger partial charge < -0.3 is 23.7 Å². The second-order valence-electron chi connectivity index (χ2n) is 9.66. The van der Waals surface area contributed by atoms with Crippen molar-refractivity contribution in [1.82, 2.24) is 4.57 Å². The first-order valence-corrected chi connectivity index (χ1v) is 15.3. The van der Waals surface area contributed by atoms with Crippen LogP contribution in [-0.4, -0.2) is 49.5 Å². The number of fused-ring (bicyclic) bond motifs is 1. The monoisotopic (exact) mass is 672 g/mol. The largest absolute Gasteiger partial charge is 0.490 e. The van der Waals surface area contributed by atoms with Gasteiger partial charge in [-0.1, -0.05) is 23.5 Å². The Morgan fingerprint density at radius 1 is 1.07 bits per heavy atom. The van der Waals surface area contributed by atoms with Gasteiger partial charge in [-0.25, -0.2) is 14.6 Å². The first kappa shape index (κ1) is 32.0. The van der Waals surface area contributed by atoms with Crippen molar-refractivity contribution in [2.45, 2.75) is 46.8 Å². The van der Waals surface area contributed by atoms with Gasteiger partial charge >= 0.3 is 11.9 Å². The number of aromatic nitrogens is 1. The molecule has 12 heteroatoms. The van der Waals surface area contributed by atoms with Gasteiger partial charge in [-0.05, 0) is 92.0 Å². The highest BCUT2D eigenvalue weighted by molar-refractivity contribution is 9.10. The molecule has 1 atom stereocenters. The third-order valence-corrected chi connectivity index (χ3v) is 7.89. The van der Waals surface area contributed by atoms with E-state index in [2.05, 4.69) is 25.7 Å². The predicted molar refractivity (Wildman–Crippen MR) is 165 cm³/mol. The molecule has 0 spiro atoms. The summed E-state index contributed by atoms with van der Waals surface area (Å²) in [6, 6.07) is 9.80. The van der Waals surface area contributed by atoms with Crippen LogP contribution in [0.4, 0.5) is 0 Å². The Kier molecular flexibility index (Phi) is 10.5. The standard InChI is InChI=1S/C31H33BrN2O8S/c1-7-39-24-15-20(10-12-23(24)41-16-26(35)38-6)28-27(30(37)40-8-2)18(5)33-31-34(28)29(36)25(43-31)14-19-9-11-22(21(32)13-19)42-17(3)4/h9-15,17,28H,7-8,16H2,1-6H3/b25-14+/t28-/m1/s1. The fourth-order valence-corrected chi connectivity index (χ4v) is 6.03. The highest BCUT2D eigenvalue weighted by Crippen LogP contribution is 2.36. The maximum absolute atomic E-state index is 14.0.